The molecule has 0 N–H and O–H groups in total. The lowest BCUT2D eigenvalue weighted by atomic mass is 9.78. The summed E-state index contributed by atoms with van der Waals surface area (Å²) in [7, 11) is 0. The lowest BCUT2D eigenvalue weighted by Crippen LogP contribution is -2.52. The molecule has 2 saturated heterocycles. The van der Waals surface area contributed by atoms with Crippen LogP contribution in [-0.2, 0) is 25.7 Å². The second kappa shape index (κ2) is 11.6. The highest BCUT2D eigenvalue weighted by Gasteiger charge is 2.45. The topological polar surface area (TPSA) is 72.8 Å². The molecular formula is C27H41N3O5. The molecule has 0 radical (unpaired) electrons. The number of piperidine rings is 2. The first kappa shape index (κ1) is 25.8. The Kier molecular flexibility index (Phi) is 8.55. The van der Waals surface area contributed by atoms with E-state index in [1.807, 2.05) is 39.0 Å². The number of amides is 1. The largest absolute Gasteiger partial charge is 0.470 e. The van der Waals surface area contributed by atoms with Crippen LogP contribution in [0.2, 0.25) is 0 Å². The van der Waals surface area contributed by atoms with Crippen LogP contribution in [0.1, 0.15) is 58.4 Å². The molecule has 0 aliphatic carbocycles. The fourth-order valence-corrected chi connectivity index (χ4v) is 4.94. The van der Waals surface area contributed by atoms with Crippen molar-refractivity contribution in [3.63, 3.8) is 0 Å². The van der Waals surface area contributed by atoms with E-state index >= 15 is 0 Å². The van der Waals surface area contributed by atoms with Gasteiger partial charge in [-0.05, 0) is 65.1 Å². The average Bonchev–Trinajstić information content (AvgIpc) is 2.85. The molecule has 35 heavy (non-hydrogen) atoms. The van der Waals surface area contributed by atoms with Gasteiger partial charge in [-0.3, -0.25) is 4.90 Å². The van der Waals surface area contributed by atoms with Gasteiger partial charge in [0.1, 0.15) is 11.7 Å². The zero-order valence-corrected chi connectivity index (χ0v) is 21.5. The number of carbonyl (C=O) groups is 1. The summed E-state index contributed by atoms with van der Waals surface area (Å²) >= 11 is 0. The highest BCUT2D eigenvalue weighted by atomic mass is 16.7. The Bertz CT molecular complexity index is 840. The molecule has 8 nitrogen and oxygen atoms in total. The van der Waals surface area contributed by atoms with Crippen molar-refractivity contribution >= 4 is 12.0 Å². The normalized spacial score (nSPS) is 23.1. The molecule has 0 spiro atoms. The van der Waals surface area contributed by atoms with Crippen LogP contribution in [0.5, 0.6) is 0 Å². The minimum Gasteiger partial charge on any atom is -0.470 e. The van der Waals surface area contributed by atoms with Gasteiger partial charge >= 0.3 is 6.09 Å². The van der Waals surface area contributed by atoms with Gasteiger partial charge in [0, 0.05) is 19.6 Å². The number of benzene rings is 1. The third-order valence-corrected chi connectivity index (χ3v) is 6.91. The lowest BCUT2D eigenvalue weighted by molar-refractivity contribution is -0.0454. The van der Waals surface area contributed by atoms with Crippen LogP contribution in [-0.4, -0.2) is 79.4 Å². The van der Waals surface area contributed by atoms with Crippen LogP contribution < -0.4 is 0 Å². The first-order valence-corrected chi connectivity index (χ1v) is 13.0. The monoisotopic (exact) mass is 487 g/mol. The molecule has 0 unspecified atom stereocenters. The van der Waals surface area contributed by atoms with Crippen molar-refractivity contribution in [3.05, 3.63) is 35.9 Å². The lowest BCUT2D eigenvalue weighted by Gasteiger charge is -2.43. The van der Waals surface area contributed by atoms with Gasteiger partial charge in [0.2, 0.25) is 5.90 Å². The molecule has 4 rings (SSSR count). The summed E-state index contributed by atoms with van der Waals surface area (Å²) < 4.78 is 18.3. The summed E-state index contributed by atoms with van der Waals surface area (Å²) in [6, 6.07) is 10.2. The van der Waals surface area contributed by atoms with Crippen molar-refractivity contribution < 1.29 is 23.8 Å². The van der Waals surface area contributed by atoms with Crippen LogP contribution in [0.25, 0.3) is 0 Å². The molecule has 0 bridgehead atoms. The number of likely N-dealkylation sites (tertiary alicyclic amines) is 2. The van der Waals surface area contributed by atoms with Crippen LogP contribution in [0.3, 0.4) is 0 Å². The maximum absolute atomic E-state index is 12.7. The van der Waals surface area contributed by atoms with Crippen LogP contribution in [0.4, 0.5) is 4.79 Å². The van der Waals surface area contributed by atoms with Gasteiger partial charge < -0.3 is 23.9 Å². The molecule has 3 heterocycles. The van der Waals surface area contributed by atoms with Crippen LogP contribution >= 0.6 is 0 Å². The van der Waals surface area contributed by atoms with Crippen molar-refractivity contribution in [3.8, 4) is 0 Å². The summed E-state index contributed by atoms with van der Waals surface area (Å²) in [5.41, 5.74) is 0.171. The Morgan fingerprint density at radius 3 is 2.49 bits per heavy atom. The first-order chi connectivity index (χ1) is 16.8. The van der Waals surface area contributed by atoms with Gasteiger partial charge in [-0.25, -0.2) is 4.79 Å². The molecule has 1 aromatic carbocycles. The number of oxime groups is 1. The number of rotatable bonds is 7. The van der Waals surface area contributed by atoms with Gasteiger partial charge in [0.15, 0.2) is 6.61 Å². The van der Waals surface area contributed by atoms with E-state index in [-0.39, 0.29) is 12.2 Å². The van der Waals surface area contributed by atoms with Gasteiger partial charge in [-0.1, -0.05) is 41.9 Å². The Morgan fingerprint density at radius 2 is 1.80 bits per heavy atom. The van der Waals surface area contributed by atoms with Gasteiger partial charge in [-0.2, -0.15) is 0 Å². The zero-order valence-electron chi connectivity index (χ0n) is 21.5. The molecule has 0 aromatic heterocycles. The smallest absolute Gasteiger partial charge is 0.410 e. The number of ether oxygens (including phenoxy) is 3. The number of hydrogen-bond acceptors (Lipinski definition) is 7. The zero-order chi connectivity index (χ0) is 24.7. The van der Waals surface area contributed by atoms with E-state index in [9.17, 15) is 4.79 Å². The average molecular weight is 488 g/mol. The van der Waals surface area contributed by atoms with E-state index in [4.69, 9.17) is 19.0 Å². The van der Waals surface area contributed by atoms with Crippen LogP contribution in [0, 0.1) is 5.41 Å². The Morgan fingerprint density at radius 1 is 1.09 bits per heavy atom. The molecule has 3 aliphatic heterocycles. The Labute approximate surface area is 209 Å². The maximum Gasteiger partial charge on any atom is 0.410 e. The first-order valence-electron chi connectivity index (χ1n) is 13.0. The quantitative estimate of drug-likeness (QED) is 0.566. The van der Waals surface area contributed by atoms with E-state index in [2.05, 4.69) is 22.2 Å². The van der Waals surface area contributed by atoms with Gasteiger partial charge in [-0.15, -0.1) is 0 Å². The van der Waals surface area contributed by atoms with Crippen molar-refractivity contribution in [2.45, 2.75) is 71.2 Å². The molecule has 0 saturated carbocycles. The SMILES string of the molecule is CC(C)(C)OC(=O)N1CCC(COCc2ccccc2)(C2=NOC[C@@H](CN3CCCCC3)O2)CC1. The highest BCUT2D eigenvalue weighted by Crippen LogP contribution is 2.37. The molecule has 1 aromatic rings. The summed E-state index contributed by atoms with van der Waals surface area (Å²) in [5.74, 6) is 0.614. The van der Waals surface area contributed by atoms with Gasteiger partial charge in [0.25, 0.3) is 0 Å². The fraction of sp³-hybridized carbons (Fsp3) is 0.704. The molecule has 8 heteroatoms. The minimum absolute atomic E-state index is 0.0458. The molecule has 1 atom stereocenters. The highest BCUT2D eigenvalue weighted by molar-refractivity contribution is 5.83. The molecule has 1 amide bonds. The summed E-state index contributed by atoms with van der Waals surface area (Å²) in [4.78, 5) is 22.6. The molecular weight excluding hydrogens is 446 g/mol. The standard InChI is InChI=1S/C27H41N3O5/c1-26(2,3)35-25(31)30-16-12-27(13-17-30,21-32-19-22-10-6-4-7-11-22)24-28-33-20-23(34-24)18-29-14-8-5-9-15-29/h4,6-7,10-11,23H,5,8-9,12-21H2,1-3H3/t23-/m1/s1. The number of nitrogens with zero attached hydrogens (tertiary/aromatic N) is 3. The van der Waals surface area contributed by atoms with Crippen molar-refractivity contribution in [2.75, 3.05) is 45.9 Å². The van der Waals surface area contributed by atoms with Crippen molar-refractivity contribution in [1.29, 1.82) is 0 Å². The summed E-state index contributed by atoms with van der Waals surface area (Å²) in [6.45, 7) is 11.3. The Balaban J connectivity index is 1.42. The van der Waals surface area contributed by atoms with Crippen molar-refractivity contribution in [1.82, 2.24) is 9.80 Å². The molecule has 2 fully saturated rings. The fourth-order valence-electron chi connectivity index (χ4n) is 4.94. The van der Waals surface area contributed by atoms with E-state index in [1.165, 1.54) is 19.3 Å². The van der Waals surface area contributed by atoms with E-state index < -0.39 is 11.0 Å². The minimum atomic E-state index is -0.517. The summed E-state index contributed by atoms with van der Waals surface area (Å²) in [5, 5.41) is 4.38. The predicted octanol–water partition coefficient (Wildman–Crippen LogP) is 4.44. The van der Waals surface area contributed by atoms with Gasteiger partial charge in [0.05, 0.1) is 18.6 Å². The van der Waals surface area contributed by atoms with E-state index in [1.54, 1.807) is 4.90 Å². The second-order valence-electron chi connectivity index (χ2n) is 11.0. The Hall–Kier alpha value is -2.32. The maximum atomic E-state index is 12.7. The third-order valence-electron chi connectivity index (χ3n) is 6.91. The van der Waals surface area contributed by atoms with Crippen molar-refractivity contribution in [2.24, 2.45) is 10.6 Å². The second-order valence-corrected chi connectivity index (χ2v) is 11.0. The van der Waals surface area contributed by atoms with E-state index in [0.717, 1.165) is 25.2 Å². The molecule has 194 valence electrons. The third kappa shape index (κ3) is 7.34. The number of carbonyl (C=O) groups excluding carboxylic acids is 1. The predicted molar refractivity (Wildman–Crippen MR) is 134 cm³/mol. The summed E-state index contributed by atoms with van der Waals surface area (Å²) in [6.07, 6.45) is 4.83. The number of hydrogen-bond donors (Lipinski definition) is 0. The molecule has 3 aliphatic rings. The van der Waals surface area contributed by atoms with E-state index in [0.29, 0.717) is 51.6 Å². The van der Waals surface area contributed by atoms with Crippen LogP contribution in [0.15, 0.2) is 35.5 Å².